The average Bonchev–Trinajstić information content (AvgIpc) is 1.83. The second-order valence-electron chi connectivity index (χ2n) is 3.69. The van der Waals surface area contributed by atoms with Crippen LogP contribution in [0.2, 0.25) is 0 Å². The molecule has 3 heteroatoms. The van der Waals surface area contributed by atoms with Crippen LogP contribution in [0.5, 0.6) is 0 Å². The zero-order valence-electron chi connectivity index (χ0n) is 8.13. The smallest absolute Gasteiger partial charge is 0.171 e. The normalized spacial score (nSPS) is 20.7. The fraction of sp³-hybridized carbons (Fsp3) is 0.889. The molecule has 0 aromatic carbocycles. The van der Waals surface area contributed by atoms with Crippen LogP contribution in [0.4, 0.5) is 0 Å². The highest BCUT2D eigenvalue weighted by atomic mass is 31.1. The molecule has 0 aromatic heterocycles. The molecule has 1 rings (SSSR count). The molecule has 0 radical (unpaired) electrons. The van der Waals surface area contributed by atoms with Crippen molar-refractivity contribution in [2.45, 2.75) is 26.3 Å². The topological polar surface area (TPSA) is 29.1 Å². The van der Waals surface area contributed by atoms with Crippen molar-refractivity contribution in [2.75, 3.05) is 19.4 Å². The molecule has 1 aliphatic rings. The van der Waals surface area contributed by atoms with Crippen LogP contribution in [0.3, 0.4) is 0 Å². The number of hydrogen-bond donors (Lipinski definition) is 1. The Morgan fingerprint density at radius 3 is 2.25 bits per heavy atom. The zero-order chi connectivity index (χ0) is 9.14. The molecule has 1 fully saturated rings. The number of nitrogens with one attached hydrogen (secondary N) is 1. The molecule has 1 unspecified atom stereocenters. The summed E-state index contributed by atoms with van der Waals surface area (Å²) in [6, 6.07) is 0.108. The fourth-order valence-corrected chi connectivity index (χ4v) is 3.37. The van der Waals surface area contributed by atoms with Crippen molar-refractivity contribution < 1.29 is 4.79 Å². The predicted octanol–water partition coefficient (Wildman–Crippen LogP) is 1.64. The molecule has 0 bridgehead atoms. The maximum absolute atomic E-state index is 11.8. The van der Waals surface area contributed by atoms with E-state index in [0.717, 1.165) is 0 Å². The van der Waals surface area contributed by atoms with Gasteiger partial charge in [-0.2, -0.15) is 0 Å². The SMILES string of the molecule is CNC(C(=O)P1CCC1)C(C)C. The van der Waals surface area contributed by atoms with Crippen molar-refractivity contribution in [3.63, 3.8) is 0 Å². The Balaban J connectivity index is 2.46. The van der Waals surface area contributed by atoms with Crippen LogP contribution >= 0.6 is 7.92 Å². The van der Waals surface area contributed by atoms with Crippen molar-refractivity contribution in [2.24, 2.45) is 5.92 Å². The molecule has 0 aromatic rings. The summed E-state index contributed by atoms with van der Waals surface area (Å²) in [5.41, 5.74) is 0.494. The van der Waals surface area contributed by atoms with Crippen molar-refractivity contribution >= 4 is 13.4 Å². The third-order valence-electron chi connectivity index (χ3n) is 2.41. The highest BCUT2D eigenvalue weighted by molar-refractivity contribution is 7.76. The van der Waals surface area contributed by atoms with Gasteiger partial charge < -0.3 is 5.32 Å². The summed E-state index contributed by atoms with van der Waals surface area (Å²) in [4.78, 5) is 11.8. The molecule has 0 saturated carbocycles. The maximum Gasteiger partial charge on any atom is 0.171 e. The molecule has 0 spiro atoms. The van der Waals surface area contributed by atoms with Gasteiger partial charge in [0.2, 0.25) is 0 Å². The molecule has 1 aliphatic heterocycles. The van der Waals surface area contributed by atoms with E-state index in [1.165, 1.54) is 18.7 Å². The predicted molar refractivity (Wildman–Crippen MR) is 54.0 cm³/mol. The summed E-state index contributed by atoms with van der Waals surface area (Å²) >= 11 is 0. The Bertz CT molecular complexity index is 166. The third kappa shape index (κ3) is 2.05. The van der Waals surface area contributed by atoms with Gasteiger partial charge >= 0.3 is 0 Å². The summed E-state index contributed by atoms with van der Waals surface area (Å²) in [7, 11) is 1.65. The van der Waals surface area contributed by atoms with Crippen LogP contribution in [0, 0.1) is 5.92 Å². The van der Waals surface area contributed by atoms with Gasteiger partial charge in [0.15, 0.2) is 5.52 Å². The van der Waals surface area contributed by atoms with Gasteiger partial charge in [-0.3, -0.25) is 4.79 Å². The van der Waals surface area contributed by atoms with E-state index in [1.807, 2.05) is 7.05 Å². The average molecular weight is 187 g/mol. The first-order valence-electron chi connectivity index (χ1n) is 4.63. The summed E-state index contributed by atoms with van der Waals surface area (Å²) in [6.45, 7) is 4.21. The molecule has 0 amide bonds. The molecule has 1 atom stereocenters. The van der Waals surface area contributed by atoms with Crippen molar-refractivity contribution in [1.82, 2.24) is 5.32 Å². The summed E-state index contributed by atoms with van der Waals surface area (Å²) in [6.07, 6.45) is 3.63. The van der Waals surface area contributed by atoms with Crippen LogP contribution in [0.15, 0.2) is 0 Å². The summed E-state index contributed by atoms with van der Waals surface area (Å²) in [5.74, 6) is 0.436. The van der Waals surface area contributed by atoms with Crippen LogP contribution < -0.4 is 5.32 Å². The summed E-state index contributed by atoms with van der Waals surface area (Å²) in [5, 5.41) is 3.12. The Morgan fingerprint density at radius 1 is 1.42 bits per heavy atom. The zero-order valence-corrected chi connectivity index (χ0v) is 9.03. The van der Waals surface area contributed by atoms with Crippen molar-refractivity contribution in [1.29, 1.82) is 0 Å². The molecule has 70 valence electrons. The lowest BCUT2D eigenvalue weighted by atomic mass is 10.1. The maximum atomic E-state index is 11.8. The van der Waals surface area contributed by atoms with Gasteiger partial charge in [-0.25, -0.2) is 0 Å². The number of hydrogen-bond acceptors (Lipinski definition) is 2. The Labute approximate surface area is 75.9 Å². The minimum atomic E-state index is -0.238. The van der Waals surface area contributed by atoms with Crippen LogP contribution in [-0.4, -0.2) is 30.9 Å². The Kier molecular flexibility index (Phi) is 3.67. The molecule has 0 aliphatic carbocycles. The van der Waals surface area contributed by atoms with E-state index in [1.54, 1.807) is 0 Å². The van der Waals surface area contributed by atoms with Gasteiger partial charge in [-0.1, -0.05) is 13.8 Å². The van der Waals surface area contributed by atoms with E-state index in [4.69, 9.17) is 0 Å². The monoisotopic (exact) mass is 187 g/mol. The first kappa shape index (κ1) is 10.1. The molecule has 2 nitrogen and oxygen atoms in total. The van der Waals surface area contributed by atoms with Gasteiger partial charge in [0, 0.05) is 0 Å². The minimum Gasteiger partial charge on any atom is -0.310 e. The third-order valence-corrected chi connectivity index (χ3v) is 5.03. The van der Waals surface area contributed by atoms with E-state index in [-0.39, 0.29) is 14.0 Å². The molecule has 1 saturated heterocycles. The van der Waals surface area contributed by atoms with Crippen LogP contribution in [0.1, 0.15) is 20.3 Å². The van der Waals surface area contributed by atoms with Gasteiger partial charge in [-0.05, 0) is 39.6 Å². The molecule has 1 heterocycles. The van der Waals surface area contributed by atoms with E-state index >= 15 is 0 Å². The lowest BCUT2D eigenvalue weighted by molar-refractivity contribution is -0.114. The number of carbonyl (C=O) groups is 1. The Hall–Kier alpha value is 0.0600. The number of likely N-dealkylation sites (N-methyl/N-ethyl adjacent to an activating group) is 1. The highest BCUT2D eigenvalue weighted by Crippen LogP contribution is 2.47. The second kappa shape index (κ2) is 4.34. The van der Waals surface area contributed by atoms with E-state index in [0.29, 0.717) is 11.4 Å². The highest BCUT2D eigenvalue weighted by Gasteiger charge is 2.31. The number of carbonyl (C=O) groups excluding carboxylic acids is 1. The molecular weight excluding hydrogens is 169 g/mol. The lowest BCUT2D eigenvalue weighted by Crippen LogP contribution is -2.39. The molecular formula is C9H18NOP. The van der Waals surface area contributed by atoms with E-state index < -0.39 is 0 Å². The van der Waals surface area contributed by atoms with E-state index in [9.17, 15) is 4.79 Å². The molecule has 12 heavy (non-hydrogen) atoms. The van der Waals surface area contributed by atoms with Crippen LogP contribution in [-0.2, 0) is 4.79 Å². The molecule has 1 N–H and O–H groups in total. The van der Waals surface area contributed by atoms with Gasteiger partial charge in [0.25, 0.3) is 0 Å². The lowest BCUT2D eigenvalue weighted by Gasteiger charge is -2.30. The fourth-order valence-electron chi connectivity index (χ4n) is 1.48. The minimum absolute atomic E-state index is 0.108. The first-order valence-corrected chi connectivity index (χ1v) is 6.34. The van der Waals surface area contributed by atoms with Crippen molar-refractivity contribution in [3.8, 4) is 0 Å². The van der Waals surface area contributed by atoms with Gasteiger partial charge in [0.05, 0.1) is 6.04 Å². The van der Waals surface area contributed by atoms with E-state index in [2.05, 4.69) is 19.2 Å². The summed E-state index contributed by atoms with van der Waals surface area (Å²) < 4.78 is 0. The van der Waals surface area contributed by atoms with Crippen LogP contribution in [0.25, 0.3) is 0 Å². The quantitative estimate of drug-likeness (QED) is 0.678. The number of rotatable bonds is 4. The second-order valence-corrected chi connectivity index (χ2v) is 6.10. The first-order chi connectivity index (χ1) is 5.66. The standard InChI is InChI=1S/C9H18NOP/c1-7(2)8(10-3)9(11)12-5-4-6-12/h7-8,10H,4-6H2,1-3H3. The van der Waals surface area contributed by atoms with Gasteiger partial charge in [0.1, 0.15) is 0 Å². The van der Waals surface area contributed by atoms with Gasteiger partial charge in [-0.15, -0.1) is 0 Å². The largest absolute Gasteiger partial charge is 0.310 e. The van der Waals surface area contributed by atoms with Crippen molar-refractivity contribution in [3.05, 3.63) is 0 Å². The Morgan fingerprint density at radius 2 is 2.00 bits per heavy atom.